The molecule has 1 N–H and O–H groups in total. The molecule has 4 heteroatoms. The summed E-state index contributed by atoms with van der Waals surface area (Å²) in [6, 6.07) is 15.0. The molecule has 2 aromatic carbocycles. The fourth-order valence-corrected chi connectivity index (χ4v) is 3.04. The van der Waals surface area contributed by atoms with Gasteiger partial charge in [-0.15, -0.1) is 0 Å². The van der Waals surface area contributed by atoms with E-state index in [-0.39, 0.29) is 11.7 Å². The highest BCUT2D eigenvalue weighted by Crippen LogP contribution is 2.20. The molecule has 3 rings (SSSR count). The first-order valence-electron chi connectivity index (χ1n) is 8.56. The highest BCUT2D eigenvalue weighted by Gasteiger charge is 2.12. The van der Waals surface area contributed by atoms with Crippen LogP contribution in [0.15, 0.2) is 48.5 Å². The Bertz CT molecular complexity index is 678. The van der Waals surface area contributed by atoms with Gasteiger partial charge in [-0.2, -0.15) is 0 Å². The van der Waals surface area contributed by atoms with Crippen LogP contribution < -0.4 is 10.2 Å². The van der Waals surface area contributed by atoms with Gasteiger partial charge in [0, 0.05) is 31.7 Å². The second-order valence-electron chi connectivity index (χ2n) is 6.23. The fraction of sp³-hybridized carbons (Fsp3) is 0.350. The lowest BCUT2D eigenvalue weighted by Crippen LogP contribution is -2.23. The number of rotatable bonds is 6. The average Bonchev–Trinajstić information content (AvgIpc) is 3.14. The van der Waals surface area contributed by atoms with Gasteiger partial charge < -0.3 is 10.2 Å². The number of amides is 1. The summed E-state index contributed by atoms with van der Waals surface area (Å²) in [5, 5.41) is 2.90. The molecule has 126 valence electrons. The van der Waals surface area contributed by atoms with Crippen molar-refractivity contribution in [1.82, 2.24) is 5.32 Å². The summed E-state index contributed by atoms with van der Waals surface area (Å²) in [7, 11) is 0. The number of nitrogens with zero attached hydrogens (tertiary/aromatic N) is 1. The summed E-state index contributed by atoms with van der Waals surface area (Å²) in [6.07, 6.45) is 3.25. The van der Waals surface area contributed by atoms with Gasteiger partial charge in [-0.05, 0) is 48.6 Å². The van der Waals surface area contributed by atoms with E-state index in [0.717, 1.165) is 18.7 Å². The number of carbonyl (C=O) groups excluding carboxylic acids is 1. The van der Waals surface area contributed by atoms with Crippen molar-refractivity contribution in [2.75, 3.05) is 18.0 Å². The van der Waals surface area contributed by atoms with Crippen molar-refractivity contribution in [2.45, 2.75) is 32.2 Å². The van der Waals surface area contributed by atoms with E-state index in [9.17, 15) is 9.18 Å². The number of nitrogens with one attached hydrogen (secondary N) is 1. The van der Waals surface area contributed by atoms with Gasteiger partial charge in [-0.1, -0.05) is 30.3 Å². The molecular weight excluding hydrogens is 303 g/mol. The van der Waals surface area contributed by atoms with E-state index in [2.05, 4.69) is 34.5 Å². The Labute approximate surface area is 142 Å². The van der Waals surface area contributed by atoms with Crippen molar-refractivity contribution >= 4 is 11.6 Å². The van der Waals surface area contributed by atoms with Gasteiger partial charge in [-0.3, -0.25) is 4.79 Å². The molecule has 3 nitrogen and oxygen atoms in total. The van der Waals surface area contributed by atoms with Gasteiger partial charge in [0.1, 0.15) is 5.82 Å². The van der Waals surface area contributed by atoms with Crippen molar-refractivity contribution in [3.05, 3.63) is 65.5 Å². The second-order valence-corrected chi connectivity index (χ2v) is 6.23. The van der Waals surface area contributed by atoms with Crippen LogP contribution in [0.1, 0.15) is 30.4 Å². The van der Waals surface area contributed by atoms with Gasteiger partial charge in [0.2, 0.25) is 5.91 Å². The number of halogens is 1. The topological polar surface area (TPSA) is 32.3 Å². The predicted octanol–water partition coefficient (Wildman–Crippen LogP) is 3.67. The maximum Gasteiger partial charge on any atom is 0.220 e. The molecule has 0 aliphatic carbocycles. The summed E-state index contributed by atoms with van der Waals surface area (Å²) in [5.41, 5.74) is 2.92. The van der Waals surface area contributed by atoms with E-state index in [1.54, 1.807) is 18.2 Å². The Morgan fingerprint density at radius 1 is 1.04 bits per heavy atom. The lowest BCUT2D eigenvalue weighted by Gasteiger charge is -2.17. The summed E-state index contributed by atoms with van der Waals surface area (Å²) in [6.45, 7) is 2.77. The predicted molar refractivity (Wildman–Crippen MR) is 94.5 cm³/mol. The van der Waals surface area contributed by atoms with Crippen LogP contribution in [-0.2, 0) is 17.8 Å². The molecule has 0 atom stereocenters. The van der Waals surface area contributed by atoms with E-state index in [1.165, 1.54) is 24.6 Å². The Balaban J connectivity index is 1.45. The van der Waals surface area contributed by atoms with E-state index in [4.69, 9.17) is 0 Å². The Morgan fingerprint density at radius 2 is 1.75 bits per heavy atom. The summed E-state index contributed by atoms with van der Waals surface area (Å²) < 4.78 is 13.5. The first-order chi connectivity index (χ1) is 11.7. The van der Waals surface area contributed by atoms with Crippen molar-refractivity contribution in [3.63, 3.8) is 0 Å². The highest BCUT2D eigenvalue weighted by atomic mass is 19.1. The van der Waals surface area contributed by atoms with Crippen LogP contribution in [0, 0.1) is 5.82 Å². The standard InChI is InChI=1S/C20H23FN2O/c21-19-6-2-1-5-17(19)9-12-20(24)22-15-16-7-10-18(11-8-16)23-13-3-4-14-23/h1-2,5-8,10-11H,3-4,9,12-15H2,(H,22,24). The highest BCUT2D eigenvalue weighted by molar-refractivity contribution is 5.76. The number of hydrogen-bond acceptors (Lipinski definition) is 2. The van der Waals surface area contributed by atoms with Crippen LogP contribution in [0.25, 0.3) is 0 Å². The molecule has 1 heterocycles. The Hall–Kier alpha value is -2.36. The summed E-state index contributed by atoms with van der Waals surface area (Å²) in [5.74, 6) is -0.301. The lowest BCUT2D eigenvalue weighted by molar-refractivity contribution is -0.121. The normalized spacial score (nSPS) is 14.0. The van der Waals surface area contributed by atoms with Crippen molar-refractivity contribution in [2.24, 2.45) is 0 Å². The molecule has 1 aliphatic rings. The van der Waals surface area contributed by atoms with Gasteiger partial charge in [-0.25, -0.2) is 4.39 Å². The van der Waals surface area contributed by atoms with Gasteiger partial charge in [0.15, 0.2) is 0 Å². The van der Waals surface area contributed by atoms with E-state index in [1.807, 2.05) is 0 Å². The van der Waals surface area contributed by atoms with Crippen LogP contribution in [-0.4, -0.2) is 19.0 Å². The molecule has 1 amide bonds. The maximum atomic E-state index is 13.5. The summed E-state index contributed by atoms with van der Waals surface area (Å²) in [4.78, 5) is 14.3. The van der Waals surface area contributed by atoms with Crippen LogP contribution >= 0.6 is 0 Å². The van der Waals surface area contributed by atoms with Gasteiger partial charge >= 0.3 is 0 Å². The molecule has 0 spiro atoms. The molecule has 1 aliphatic heterocycles. The third-order valence-corrected chi connectivity index (χ3v) is 4.48. The van der Waals surface area contributed by atoms with Gasteiger partial charge in [0.25, 0.3) is 0 Å². The quantitative estimate of drug-likeness (QED) is 0.878. The Kier molecular flexibility index (Phi) is 5.47. The van der Waals surface area contributed by atoms with E-state index < -0.39 is 0 Å². The van der Waals surface area contributed by atoms with Crippen LogP contribution in [0.4, 0.5) is 10.1 Å². The number of benzene rings is 2. The fourth-order valence-electron chi connectivity index (χ4n) is 3.04. The SMILES string of the molecule is O=C(CCc1ccccc1F)NCc1ccc(N2CCCC2)cc1. The first-order valence-corrected chi connectivity index (χ1v) is 8.56. The Morgan fingerprint density at radius 3 is 2.46 bits per heavy atom. The third-order valence-electron chi connectivity index (χ3n) is 4.48. The molecular formula is C20H23FN2O. The third kappa shape index (κ3) is 4.34. The van der Waals surface area contributed by atoms with Crippen molar-refractivity contribution in [1.29, 1.82) is 0 Å². The molecule has 2 aromatic rings. The number of aryl methyl sites for hydroxylation is 1. The van der Waals surface area contributed by atoms with Crippen molar-refractivity contribution < 1.29 is 9.18 Å². The minimum Gasteiger partial charge on any atom is -0.372 e. The molecule has 0 bridgehead atoms. The maximum absolute atomic E-state index is 13.5. The zero-order valence-corrected chi connectivity index (χ0v) is 13.8. The van der Waals surface area contributed by atoms with E-state index in [0.29, 0.717) is 24.9 Å². The van der Waals surface area contributed by atoms with E-state index >= 15 is 0 Å². The smallest absolute Gasteiger partial charge is 0.220 e. The van der Waals surface area contributed by atoms with Gasteiger partial charge in [0.05, 0.1) is 0 Å². The molecule has 1 fully saturated rings. The molecule has 0 radical (unpaired) electrons. The molecule has 24 heavy (non-hydrogen) atoms. The average molecular weight is 326 g/mol. The lowest BCUT2D eigenvalue weighted by atomic mass is 10.1. The van der Waals surface area contributed by atoms with Crippen molar-refractivity contribution in [3.8, 4) is 0 Å². The van der Waals surface area contributed by atoms with Crippen LogP contribution in [0.2, 0.25) is 0 Å². The molecule has 1 saturated heterocycles. The number of carbonyl (C=O) groups is 1. The number of anilines is 1. The minimum absolute atomic E-state index is 0.0538. The number of hydrogen-bond donors (Lipinski definition) is 1. The zero-order valence-electron chi connectivity index (χ0n) is 13.8. The minimum atomic E-state index is -0.247. The first kappa shape index (κ1) is 16.5. The summed E-state index contributed by atoms with van der Waals surface area (Å²) >= 11 is 0. The van der Waals surface area contributed by atoms with Crippen LogP contribution in [0.5, 0.6) is 0 Å². The molecule has 0 saturated carbocycles. The molecule has 0 unspecified atom stereocenters. The molecule has 0 aromatic heterocycles. The largest absolute Gasteiger partial charge is 0.372 e. The monoisotopic (exact) mass is 326 g/mol. The van der Waals surface area contributed by atoms with Crippen LogP contribution in [0.3, 0.4) is 0 Å². The zero-order chi connectivity index (χ0) is 16.8. The second kappa shape index (κ2) is 7.95.